The van der Waals surface area contributed by atoms with E-state index in [4.69, 9.17) is 0 Å². The lowest BCUT2D eigenvalue weighted by Gasteiger charge is -2.08. The molecule has 0 spiro atoms. The van der Waals surface area contributed by atoms with Crippen molar-refractivity contribution in [2.45, 2.75) is 5.16 Å². The van der Waals surface area contributed by atoms with Gasteiger partial charge in [0.05, 0.1) is 10.7 Å². The van der Waals surface area contributed by atoms with Gasteiger partial charge in [-0.1, -0.05) is 27.7 Å². The molecule has 1 heterocycles. The summed E-state index contributed by atoms with van der Waals surface area (Å²) in [5.41, 5.74) is 1.44. The van der Waals surface area contributed by atoms with Gasteiger partial charge in [-0.15, -0.1) is 0 Å². The molecule has 0 radical (unpaired) electrons. The predicted octanol–water partition coefficient (Wildman–Crippen LogP) is 4.27. The van der Waals surface area contributed by atoms with Crippen LogP contribution < -0.4 is 5.32 Å². The van der Waals surface area contributed by atoms with Crippen molar-refractivity contribution < 1.29 is 9.72 Å². The van der Waals surface area contributed by atoms with Crippen LogP contribution in [0.2, 0.25) is 0 Å². The summed E-state index contributed by atoms with van der Waals surface area (Å²) in [7, 11) is 0. The number of hydrogen-bond donors (Lipinski definition) is 1. The van der Waals surface area contributed by atoms with Crippen LogP contribution in [0.25, 0.3) is 5.69 Å². The maximum atomic E-state index is 12.1. The van der Waals surface area contributed by atoms with Crippen molar-refractivity contribution in [2.75, 3.05) is 11.1 Å². The van der Waals surface area contributed by atoms with Crippen LogP contribution in [0.4, 0.5) is 11.4 Å². The van der Waals surface area contributed by atoms with E-state index in [1.807, 2.05) is 35.0 Å². The van der Waals surface area contributed by atoms with Gasteiger partial charge < -0.3 is 5.32 Å². The lowest BCUT2D eigenvalue weighted by molar-refractivity contribution is -0.384. The van der Waals surface area contributed by atoms with Gasteiger partial charge in [0, 0.05) is 40.4 Å². The lowest BCUT2D eigenvalue weighted by Crippen LogP contribution is -2.14. The van der Waals surface area contributed by atoms with Crippen LogP contribution >= 0.6 is 27.7 Å². The molecule has 0 fully saturated rings. The van der Waals surface area contributed by atoms with Crippen molar-refractivity contribution in [3.63, 3.8) is 0 Å². The minimum absolute atomic E-state index is 0.0195. The van der Waals surface area contributed by atoms with Crippen molar-refractivity contribution in [1.29, 1.82) is 0 Å². The van der Waals surface area contributed by atoms with E-state index in [2.05, 4.69) is 26.2 Å². The molecule has 0 aliphatic carbocycles. The number of nitrogens with one attached hydrogen (secondary N) is 1. The van der Waals surface area contributed by atoms with Crippen LogP contribution in [-0.2, 0) is 4.79 Å². The Bertz CT molecular complexity index is 926. The highest BCUT2D eigenvalue weighted by molar-refractivity contribution is 9.10. The van der Waals surface area contributed by atoms with Gasteiger partial charge in [-0.25, -0.2) is 4.98 Å². The first-order chi connectivity index (χ1) is 12.5. The monoisotopic (exact) mass is 432 g/mol. The second-order valence-corrected chi connectivity index (χ2v) is 7.06. The fourth-order valence-electron chi connectivity index (χ4n) is 2.19. The summed E-state index contributed by atoms with van der Waals surface area (Å²) in [6.45, 7) is 0. The first-order valence-electron chi connectivity index (χ1n) is 7.49. The van der Waals surface area contributed by atoms with E-state index in [1.165, 1.54) is 36.0 Å². The SMILES string of the molecule is O=C(CSc1nccn1-c1ccc(Br)cc1)Nc1ccc([N+](=O)[O-])cc1. The van der Waals surface area contributed by atoms with E-state index >= 15 is 0 Å². The maximum absolute atomic E-state index is 12.1. The molecule has 1 amide bonds. The molecule has 2 aromatic carbocycles. The average molecular weight is 433 g/mol. The van der Waals surface area contributed by atoms with Crippen LogP contribution in [0, 0.1) is 10.1 Å². The summed E-state index contributed by atoms with van der Waals surface area (Å²) >= 11 is 4.71. The zero-order valence-electron chi connectivity index (χ0n) is 13.3. The molecule has 1 aromatic heterocycles. The number of non-ortho nitro benzene ring substituents is 1. The number of benzene rings is 2. The van der Waals surface area contributed by atoms with Crippen LogP contribution in [0.3, 0.4) is 0 Å². The number of nitro groups is 1. The minimum Gasteiger partial charge on any atom is -0.325 e. The zero-order chi connectivity index (χ0) is 18.5. The summed E-state index contributed by atoms with van der Waals surface area (Å²) in [5.74, 6) is -0.0425. The van der Waals surface area contributed by atoms with Gasteiger partial charge in [-0.05, 0) is 36.4 Å². The molecule has 0 saturated carbocycles. The number of anilines is 1. The second-order valence-electron chi connectivity index (χ2n) is 5.20. The molecule has 1 N–H and O–H groups in total. The first-order valence-corrected chi connectivity index (χ1v) is 9.27. The summed E-state index contributed by atoms with van der Waals surface area (Å²) in [6.07, 6.45) is 3.51. The standard InChI is InChI=1S/C17H13BrN4O3S/c18-12-1-5-14(6-2-12)21-10-9-19-17(21)26-11-16(23)20-13-3-7-15(8-4-13)22(24)25/h1-10H,11H2,(H,20,23). The molecule has 0 aliphatic heterocycles. The van der Waals surface area contributed by atoms with Crippen molar-refractivity contribution in [1.82, 2.24) is 9.55 Å². The molecular weight excluding hydrogens is 420 g/mol. The molecule has 26 heavy (non-hydrogen) atoms. The van der Waals surface area contributed by atoms with Gasteiger partial charge in [0.25, 0.3) is 5.69 Å². The second kappa shape index (κ2) is 8.15. The third-order valence-corrected chi connectivity index (χ3v) is 4.90. The molecular formula is C17H13BrN4O3S. The highest BCUT2D eigenvalue weighted by Crippen LogP contribution is 2.22. The van der Waals surface area contributed by atoms with E-state index in [0.29, 0.717) is 10.8 Å². The summed E-state index contributed by atoms with van der Waals surface area (Å²) in [6, 6.07) is 13.5. The number of rotatable bonds is 6. The van der Waals surface area contributed by atoms with Crippen LogP contribution in [-0.4, -0.2) is 26.1 Å². The first kappa shape index (κ1) is 18.2. The number of thioether (sulfide) groups is 1. The third-order valence-electron chi connectivity index (χ3n) is 3.41. The van der Waals surface area contributed by atoms with Crippen LogP contribution in [0.15, 0.2) is 70.6 Å². The highest BCUT2D eigenvalue weighted by Gasteiger charge is 2.10. The largest absolute Gasteiger partial charge is 0.325 e. The smallest absolute Gasteiger partial charge is 0.269 e. The Morgan fingerprint density at radius 2 is 1.88 bits per heavy atom. The minimum atomic E-state index is -0.483. The quantitative estimate of drug-likeness (QED) is 0.356. The normalized spacial score (nSPS) is 10.5. The number of carbonyl (C=O) groups is 1. The van der Waals surface area contributed by atoms with Gasteiger partial charge in [0.2, 0.25) is 5.91 Å². The van der Waals surface area contributed by atoms with Gasteiger partial charge in [-0.3, -0.25) is 19.5 Å². The Kier molecular flexibility index (Phi) is 5.69. The fraction of sp³-hybridized carbons (Fsp3) is 0.0588. The Morgan fingerprint density at radius 1 is 1.19 bits per heavy atom. The number of nitrogens with zero attached hydrogens (tertiary/aromatic N) is 3. The van der Waals surface area contributed by atoms with E-state index < -0.39 is 4.92 Å². The molecule has 9 heteroatoms. The molecule has 0 atom stereocenters. The average Bonchev–Trinajstić information content (AvgIpc) is 3.09. The van der Waals surface area contributed by atoms with E-state index in [9.17, 15) is 14.9 Å². The Labute approximate surface area is 161 Å². The summed E-state index contributed by atoms with van der Waals surface area (Å²) in [5, 5.41) is 14.1. The Hall–Kier alpha value is -2.65. The Morgan fingerprint density at radius 3 is 2.54 bits per heavy atom. The van der Waals surface area contributed by atoms with E-state index in [1.54, 1.807) is 6.20 Å². The molecule has 0 saturated heterocycles. The number of aromatic nitrogens is 2. The molecule has 0 bridgehead atoms. The number of imidazole rings is 1. The number of amides is 1. The highest BCUT2D eigenvalue weighted by atomic mass is 79.9. The van der Waals surface area contributed by atoms with E-state index in [0.717, 1.165) is 10.2 Å². The van der Waals surface area contributed by atoms with Gasteiger partial charge in [-0.2, -0.15) is 0 Å². The molecule has 132 valence electrons. The van der Waals surface area contributed by atoms with E-state index in [-0.39, 0.29) is 17.3 Å². The fourth-order valence-corrected chi connectivity index (χ4v) is 3.23. The molecule has 3 aromatic rings. The van der Waals surface area contributed by atoms with Crippen LogP contribution in [0.1, 0.15) is 0 Å². The number of halogens is 1. The number of carbonyl (C=O) groups excluding carboxylic acids is 1. The zero-order valence-corrected chi connectivity index (χ0v) is 15.7. The topological polar surface area (TPSA) is 90.1 Å². The van der Waals surface area contributed by atoms with Crippen LogP contribution in [0.5, 0.6) is 0 Å². The van der Waals surface area contributed by atoms with Gasteiger partial charge in [0.15, 0.2) is 5.16 Å². The predicted molar refractivity (Wildman–Crippen MR) is 104 cm³/mol. The van der Waals surface area contributed by atoms with Crippen molar-refractivity contribution >= 4 is 45.0 Å². The molecule has 0 aliphatic rings. The summed E-state index contributed by atoms with van der Waals surface area (Å²) < 4.78 is 2.88. The molecule has 7 nitrogen and oxygen atoms in total. The molecule has 0 unspecified atom stereocenters. The summed E-state index contributed by atoms with van der Waals surface area (Å²) in [4.78, 5) is 26.6. The number of nitro benzene ring substituents is 1. The number of hydrogen-bond acceptors (Lipinski definition) is 5. The van der Waals surface area contributed by atoms with Crippen molar-refractivity contribution in [3.8, 4) is 5.69 Å². The lowest BCUT2D eigenvalue weighted by atomic mass is 10.3. The van der Waals surface area contributed by atoms with Crippen molar-refractivity contribution in [2.24, 2.45) is 0 Å². The Balaban J connectivity index is 1.61. The van der Waals surface area contributed by atoms with Crippen molar-refractivity contribution in [3.05, 3.63) is 75.5 Å². The third kappa shape index (κ3) is 4.50. The maximum Gasteiger partial charge on any atom is 0.269 e. The molecule has 3 rings (SSSR count). The van der Waals surface area contributed by atoms with Gasteiger partial charge in [0.1, 0.15) is 0 Å². The van der Waals surface area contributed by atoms with Gasteiger partial charge >= 0.3 is 0 Å².